The molecule has 0 fully saturated rings. The van der Waals surface area contributed by atoms with Crippen LogP contribution in [0, 0.1) is 0 Å². The van der Waals surface area contributed by atoms with E-state index in [0.717, 1.165) is 29.7 Å². The molecule has 2 heterocycles. The number of rotatable bonds is 4. The van der Waals surface area contributed by atoms with Gasteiger partial charge in [0.05, 0.1) is 35.2 Å². The van der Waals surface area contributed by atoms with Crippen LogP contribution < -0.4 is 11.1 Å². The van der Waals surface area contributed by atoms with Gasteiger partial charge in [-0.2, -0.15) is 5.10 Å². The van der Waals surface area contributed by atoms with E-state index in [1.807, 2.05) is 17.8 Å². The largest absolute Gasteiger partial charge is 0.396 e. The van der Waals surface area contributed by atoms with E-state index < -0.39 is 0 Å². The van der Waals surface area contributed by atoms with Crippen LogP contribution in [0.5, 0.6) is 0 Å². The lowest BCUT2D eigenvalue weighted by Crippen LogP contribution is -2.07. The minimum absolute atomic E-state index is 0.345. The topological polar surface area (TPSA) is 68.8 Å². The standard InChI is InChI=1S/C12H19N5/c1-4-8(3)17-12-9(6-16-17)11(14-5-2)10(13)7-15-12/h6-8H,4-5,13H2,1-3H3,(H,14,15). The smallest absolute Gasteiger partial charge is 0.160 e. The third-order valence-electron chi connectivity index (χ3n) is 3.01. The van der Waals surface area contributed by atoms with Crippen LogP contribution in [0.2, 0.25) is 0 Å². The van der Waals surface area contributed by atoms with E-state index in [2.05, 4.69) is 29.2 Å². The van der Waals surface area contributed by atoms with Gasteiger partial charge in [-0.15, -0.1) is 0 Å². The highest BCUT2D eigenvalue weighted by Crippen LogP contribution is 2.29. The molecule has 0 saturated carbocycles. The fourth-order valence-electron chi connectivity index (χ4n) is 1.88. The van der Waals surface area contributed by atoms with E-state index in [4.69, 9.17) is 5.73 Å². The molecule has 0 amide bonds. The Morgan fingerprint density at radius 3 is 2.82 bits per heavy atom. The van der Waals surface area contributed by atoms with Crippen molar-refractivity contribution < 1.29 is 0 Å². The van der Waals surface area contributed by atoms with Crippen molar-refractivity contribution in [1.82, 2.24) is 14.8 Å². The lowest BCUT2D eigenvalue weighted by atomic mass is 10.2. The molecular formula is C12H19N5. The van der Waals surface area contributed by atoms with Gasteiger partial charge in [-0.3, -0.25) is 0 Å². The molecule has 0 spiro atoms. The molecule has 0 aliphatic heterocycles. The van der Waals surface area contributed by atoms with Crippen molar-refractivity contribution in [2.75, 3.05) is 17.6 Å². The summed E-state index contributed by atoms with van der Waals surface area (Å²) in [5.74, 6) is 0. The maximum absolute atomic E-state index is 5.93. The second kappa shape index (κ2) is 4.61. The number of nitrogens with one attached hydrogen (secondary N) is 1. The Morgan fingerprint density at radius 1 is 1.41 bits per heavy atom. The van der Waals surface area contributed by atoms with Crippen molar-refractivity contribution in [2.24, 2.45) is 0 Å². The molecule has 2 aromatic heterocycles. The van der Waals surface area contributed by atoms with Gasteiger partial charge in [0.15, 0.2) is 5.65 Å². The van der Waals surface area contributed by atoms with Gasteiger partial charge < -0.3 is 11.1 Å². The van der Waals surface area contributed by atoms with Crippen molar-refractivity contribution in [3.05, 3.63) is 12.4 Å². The molecule has 5 heteroatoms. The molecule has 0 bridgehead atoms. The number of pyridine rings is 1. The molecular weight excluding hydrogens is 214 g/mol. The van der Waals surface area contributed by atoms with Crippen molar-refractivity contribution in [3.8, 4) is 0 Å². The van der Waals surface area contributed by atoms with Gasteiger partial charge in [0, 0.05) is 6.54 Å². The van der Waals surface area contributed by atoms with Crippen LogP contribution in [-0.4, -0.2) is 21.3 Å². The van der Waals surface area contributed by atoms with E-state index in [0.29, 0.717) is 11.7 Å². The summed E-state index contributed by atoms with van der Waals surface area (Å²) in [6.45, 7) is 7.15. The average molecular weight is 233 g/mol. The lowest BCUT2D eigenvalue weighted by molar-refractivity contribution is 0.490. The predicted octanol–water partition coefficient (Wildman–Crippen LogP) is 2.42. The summed E-state index contributed by atoms with van der Waals surface area (Å²) >= 11 is 0. The number of anilines is 2. The summed E-state index contributed by atoms with van der Waals surface area (Å²) < 4.78 is 1.95. The maximum Gasteiger partial charge on any atom is 0.160 e. The fourth-order valence-corrected chi connectivity index (χ4v) is 1.88. The van der Waals surface area contributed by atoms with E-state index in [-0.39, 0.29) is 0 Å². The van der Waals surface area contributed by atoms with Crippen molar-refractivity contribution in [3.63, 3.8) is 0 Å². The second-order valence-electron chi connectivity index (χ2n) is 4.20. The lowest BCUT2D eigenvalue weighted by Gasteiger charge is -2.11. The number of fused-ring (bicyclic) bond motifs is 1. The number of hydrogen-bond donors (Lipinski definition) is 2. The van der Waals surface area contributed by atoms with Gasteiger partial charge in [0.2, 0.25) is 0 Å². The summed E-state index contributed by atoms with van der Waals surface area (Å²) in [4.78, 5) is 4.39. The summed E-state index contributed by atoms with van der Waals surface area (Å²) in [5, 5.41) is 8.67. The first-order valence-electron chi connectivity index (χ1n) is 6.04. The first-order valence-corrected chi connectivity index (χ1v) is 6.04. The van der Waals surface area contributed by atoms with Gasteiger partial charge in [0.1, 0.15) is 0 Å². The Labute approximate surface area is 101 Å². The minimum atomic E-state index is 0.345. The zero-order valence-electron chi connectivity index (χ0n) is 10.6. The summed E-state index contributed by atoms with van der Waals surface area (Å²) in [5.41, 5.74) is 8.43. The van der Waals surface area contributed by atoms with Gasteiger partial charge in [-0.05, 0) is 20.3 Å². The van der Waals surface area contributed by atoms with Crippen molar-refractivity contribution >= 4 is 22.4 Å². The molecule has 0 aliphatic rings. The zero-order valence-corrected chi connectivity index (χ0v) is 10.6. The maximum atomic E-state index is 5.93. The second-order valence-corrected chi connectivity index (χ2v) is 4.20. The molecule has 92 valence electrons. The Balaban J connectivity index is 2.60. The normalized spacial score (nSPS) is 12.9. The first-order chi connectivity index (χ1) is 8.19. The summed E-state index contributed by atoms with van der Waals surface area (Å²) in [6.07, 6.45) is 4.56. The molecule has 0 radical (unpaired) electrons. The fraction of sp³-hybridized carbons (Fsp3) is 0.500. The Hall–Kier alpha value is -1.78. The first kappa shape index (κ1) is 11.7. The Kier molecular flexibility index (Phi) is 3.17. The van der Waals surface area contributed by atoms with Gasteiger partial charge in [-0.1, -0.05) is 6.92 Å². The van der Waals surface area contributed by atoms with Crippen molar-refractivity contribution in [1.29, 1.82) is 0 Å². The quantitative estimate of drug-likeness (QED) is 0.851. The number of nitrogen functional groups attached to an aromatic ring is 1. The molecule has 2 aromatic rings. The van der Waals surface area contributed by atoms with Gasteiger partial charge in [-0.25, -0.2) is 9.67 Å². The van der Waals surface area contributed by atoms with Crippen LogP contribution in [0.1, 0.15) is 33.2 Å². The zero-order chi connectivity index (χ0) is 12.4. The molecule has 17 heavy (non-hydrogen) atoms. The molecule has 2 rings (SSSR count). The van der Waals surface area contributed by atoms with Crippen LogP contribution in [0.3, 0.4) is 0 Å². The molecule has 0 saturated heterocycles. The van der Waals surface area contributed by atoms with E-state index in [9.17, 15) is 0 Å². The molecule has 1 atom stereocenters. The molecule has 1 unspecified atom stereocenters. The molecule has 0 aromatic carbocycles. The molecule has 5 nitrogen and oxygen atoms in total. The third-order valence-corrected chi connectivity index (χ3v) is 3.01. The minimum Gasteiger partial charge on any atom is -0.396 e. The van der Waals surface area contributed by atoms with E-state index in [1.54, 1.807) is 6.20 Å². The summed E-state index contributed by atoms with van der Waals surface area (Å²) in [6, 6.07) is 0.345. The van der Waals surface area contributed by atoms with Crippen LogP contribution in [0.25, 0.3) is 11.0 Å². The average Bonchev–Trinajstić information content (AvgIpc) is 2.76. The van der Waals surface area contributed by atoms with E-state index in [1.165, 1.54) is 0 Å². The monoisotopic (exact) mass is 233 g/mol. The van der Waals surface area contributed by atoms with Crippen molar-refractivity contribution in [2.45, 2.75) is 33.2 Å². The van der Waals surface area contributed by atoms with Crippen LogP contribution in [0.15, 0.2) is 12.4 Å². The summed E-state index contributed by atoms with van der Waals surface area (Å²) in [7, 11) is 0. The highest BCUT2D eigenvalue weighted by Gasteiger charge is 2.13. The Bertz CT molecular complexity index is 517. The van der Waals surface area contributed by atoms with Gasteiger partial charge in [0.25, 0.3) is 0 Å². The van der Waals surface area contributed by atoms with E-state index >= 15 is 0 Å². The third kappa shape index (κ3) is 1.92. The highest BCUT2D eigenvalue weighted by atomic mass is 15.3. The number of nitrogens with zero attached hydrogens (tertiary/aromatic N) is 3. The van der Waals surface area contributed by atoms with Crippen LogP contribution in [0.4, 0.5) is 11.4 Å². The molecule has 0 aliphatic carbocycles. The Morgan fingerprint density at radius 2 is 2.18 bits per heavy atom. The SMILES string of the molecule is CCNc1c(N)cnc2c1cnn2C(C)CC. The molecule has 3 N–H and O–H groups in total. The van der Waals surface area contributed by atoms with Crippen LogP contribution in [-0.2, 0) is 0 Å². The highest BCUT2D eigenvalue weighted by molar-refractivity contribution is 5.95. The number of hydrogen-bond acceptors (Lipinski definition) is 4. The van der Waals surface area contributed by atoms with Crippen LogP contribution >= 0.6 is 0 Å². The number of aromatic nitrogens is 3. The van der Waals surface area contributed by atoms with Gasteiger partial charge >= 0.3 is 0 Å². The number of nitrogens with two attached hydrogens (primary N) is 1. The predicted molar refractivity (Wildman–Crippen MR) is 71.1 cm³/mol.